The van der Waals surface area contributed by atoms with E-state index in [0.717, 1.165) is 18.4 Å². The normalized spacial score (nSPS) is 23.4. The number of unbranched alkanes of at least 4 members (excludes halogenated alkanes) is 12. The van der Waals surface area contributed by atoms with Crippen LogP contribution in [0.4, 0.5) is 0 Å². The van der Waals surface area contributed by atoms with E-state index in [4.69, 9.17) is 5.73 Å². The number of hydrogen-bond donors (Lipinski definition) is 1. The molecule has 50 heavy (non-hydrogen) atoms. The van der Waals surface area contributed by atoms with Gasteiger partial charge in [0.15, 0.2) is 0 Å². The second kappa shape index (κ2) is 37.3. The summed E-state index contributed by atoms with van der Waals surface area (Å²) in [5, 5.41) is 0. The van der Waals surface area contributed by atoms with Crippen LogP contribution in [0.25, 0.3) is 0 Å². The fraction of sp³-hybridized carbons (Fsp3) is 1.00. The molecule has 0 bridgehead atoms. The molecule has 0 spiro atoms. The molecule has 3 unspecified atom stereocenters. The molecule has 2 N–H and O–H groups in total. The van der Waals surface area contributed by atoms with E-state index in [1.165, 1.54) is 244 Å². The summed E-state index contributed by atoms with van der Waals surface area (Å²) in [6.45, 7) is 8.03. The van der Waals surface area contributed by atoms with Gasteiger partial charge in [-0.1, -0.05) is 271 Å². The summed E-state index contributed by atoms with van der Waals surface area (Å²) >= 11 is 0. The average molecular weight is 702 g/mol. The van der Waals surface area contributed by atoms with Gasteiger partial charge in [0.05, 0.1) is 0 Å². The molecule has 0 amide bonds. The molecule has 1 fully saturated rings. The average Bonchev–Trinajstić information content (AvgIpc) is 3.12. The fourth-order valence-corrected chi connectivity index (χ4v) is 9.81. The maximum Gasteiger partial charge on any atom is -0.00720 e. The molecule has 300 valence electrons. The van der Waals surface area contributed by atoms with E-state index in [-0.39, 0.29) is 0 Å². The number of hydrogen-bond acceptors (Lipinski definition) is 1. The first-order valence-corrected chi connectivity index (χ1v) is 24.4. The minimum Gasteiger partial charge on any atom is -0.330 e. The molecule has 3 atom stereocenters. The number of rotatable bonds is 20. The summed E-state index contributed by atoms with van der Waals surface area (Å²) in [5.41, 5.74) is 6.69. The van der Waals surface area contributed by atoms with Crippen molar-refractivity contribution in [1.29, 1.82) is 0 Å². The van der Waals surface area contributed by atoms with Crippen LogP contribution < -0.4 is 5.73 Å². The zero-order valence-corrected chi connectivity index (χ0v) is 35.6. The summed E-state index contributed by atoms with van der Waals surface area (Å²) in [6, 6.07) is 0. The van der Waals surface area contributed by atoms with E-state index >= 15 is 0 Å². The van der Waals surface area contributed by atoms with Crippen molar-refractivity contribution in [3.8, 4) is 0 Å². The van der Waals surface area contributed by atoms with Crippen molar-refractivity contribution >= 4 is 0 Å². The van der Waals surface area contributed by atoms with Crippen LogP contribution in [0.1, 0.15) is 290 Å². The smallest absolute Gasteiger partial charge is 0.00720 e. The first-order chi connectivity index (χ1) is 24.7. The monoisotopic (exact) mass is 702 g/mol. The van der Waals surface area contributed by atoms with Gasteiger partial charge in [-0.15, -0.1) is 0 Å². The lowest BCUT2D eigenvalue weighted by atomic mass is 9.73. The Morgan fingerprint density at radius 2 is 0.740 bits per heavy atom. The fourth-order valence-electron chi connectivity index (χ4n) is 9.81. The Balaban J connectivity index is 2.66. The van der Waals surface area contributed by atoms with Crippen molar-refractivity contribution in [3.05, 3.63) is 0 Å². The van der Waals surface area contributed by atoms with Crippen LogP contribution in [0, 0.1) is 17.3 Å². The third-order valence-electron chi connectivity index (χ3n) is 13.5. The summed E-state index contributed by atoms with van der Waals surface area (Å²) in [5.74, 6) is 2.03. The molecule has 0 aromatic heterocycles. The molecule has 1 aliphatic rings. The second-order valence-electron chi connectivity index (χ2n) is 17.9. The van der Waals surface area contributed by atoms with Gasteiger partial charge >= 0.3 is 0 Å². The van der Waals surface area contributed by atoms with Crippen molar-refractivity contribution in [2.45, 2.75) is 290 Å². The SMILES string of the molecule is CCCCCCCCCCC(CCCCCCCC)C1CCCCCCCCCCCCCC(CC)(CCN)CCCCCCCCCCC1. The molecule has 0 saturated heterocycles. The van der Waals surface area contributed by atoms with E-state index in [2.05, 4.69) is 20.8 Å². The third kappa shape index (κ3) is 28.5. The van der Waals surface area contributed by atoms with Crippen molar-refractivity contribution in [3.63, 3.8) is 0 Å². The quantitative estimate of drug-likeness (QED) is 0.126. The van der Waals surface area contributed by atoms with Crippen molar-refractivity contribution < 1.29 is 0 Å². The Kier molecular flexibility index (Phi) is 35.8. The van der Waals surface area contributed by atoms with Crippen LogP contribution in [0.5, 0.6) is 0 Å². The predicted molar refractivity (Wildman–Crippen MR) is 229 cm³/mol. The molecular formula is C49H99N. The minimum atomic E-state index is 0.541. The van der Waals surface area contributed by atoms with Crippen LogP contribution in [0.2, 0.25) is 0 Å². The van der Waals surface area contributed by atoms with E-state index in [0.29, 0.717) is 5.41 Å². The Morgan fingerprint density at radius 1 is 0.420 bits per heavy atom. The summed E-state index contributed by atoms with van der Waals surface area (Å²) < 4.78 is 0. The van der Waals surface area contributed by atoms with Gasteiger partial charge in [0.2, 0.25) is 0 Å². The second-order valence-corrected chi connectivity index (χ2v) is 17.9. The van der Waals surface area contributed by atoms with E-state index in [9.17, 15) is 0 Å². The van der Waals surface area contributed by atoms with E-state index < -0.39 is 0 Å². The van der Waals surface area contributed by atoms with Gasteiger partial charge in [0, 0.05) is 0 Å². The van der Waals surface area contributed by atoms with E-state index in [1.807, 2.05) is 0 Å². The zero-order valence-electron chi connectivity index (χ0n) is 35.6. The lowest BCUT2D eigenvalue weighted by molar-refractivity contribution is 0.197. The summed E-state index contributed by atoms with van der Waals surface area (Å²) in [6.07, 6.45) is 61.7. The highest BCUT2D eigenvalue weighted by atomic mass is 14.5. The van der Waals surface area contributed by atoms with Crippen LogP contribution in [0.3, 0.4) is 0 Å². The largest absolute Gasteiger partial charge is 0.330 e. The molecular weight excluding hydrogens is 603 g/mol. The van der Waals surface area contributed by atoms with Gasteiger partial charge in [0.1, 0.15) is 0 Å². The van der Waals surface area contributed by atoms with Crippen LogP contribution in [-0.2, 0) is 0 Å². The zero-order chi connectivity index (χ0) is 36.1. The first-order valence-electron chi connectivity index (χ1n) is 24.4. The Morgan fingerprint density at radius 3 is 1.08 bits per heavy atom. The summed E-state index contributed by atoms with van der Waals surface area (Å²) in [7, 11) is 0. The number of nitrogens with two attached hydrogens (primary N) is 1. The van der Waals surface area contributed by atoms with Gasteiger partial charge in [-0.3, -0.25) is 0 Å². The summed E-state index contributed by atoms with van der Waals surface area (Å²) in [4.78, 5) is 0. The van der Waals surface area contributed by atoms with Crippen LogP contribution in [-0.4, -0.2) is 6.54 Å². The molecule has 0 heterocycles. The van der Waals surface area contributed by atoms with Crippen LogP contribution in [0.15, 0.2) is 0 Å². The molecule has 1 aliphatic carbocycles. The molecule has 1 rings (SSSR count). The van der Waals surface area contributed by atoms with Gasteiger partial charge < -0.3 is 5.73 Å². The Hall–Kier alpha value is -0.0400. The topological polar surface area (TPSA) is 26.0 Å². The Bertz CT molecular complexity index is 643. The third-order valence-corrected chi connectivity index (χ3v) is 13.5. The highest BCUT2D eigenvalue weighted by molar-refractivity contribution is 4.79. The maximum absolute atomic E-state index is 6.15. The molecule has 0 aliphatic heterocycles. The van der Waals surface area contributed by atoms with Gasteiger partial charge in [-0.05, 0) is 43.1 Å². The van der Waals surface area contributed by atoms with Gasteiger partial charge in [-0.2, -0.15) is 0 Å². The molecule has 0 aromatic carbocycles. The van der Waals surface area contributed by atoms with Gasteiger partial charge in [0.25, 0.3) is 0 Å². The molecule has 1 nitrogen and oxygen atoms in total. The van der Waals surface area contributed by atoms with Gasteiger partial charge in [-0.25, -0.2) is 0 Å². The maximum atomic E-state index is 6.15. The van der Waals surface area contributed by atoms with Crippen molar-refractivity contribution in [1.82, 2.24) is 0 Å². The van der Waals surface area contributed by atoms with Crippen molar-refractivity contribution in [2.75, 3.05) is 6.54 Å². The standard InChI is InChI=1S/C49H99N/c1-4-7-9-11-13-22-28-34-40-47(39-33-27-12-10-8-5-2)48-41-35-29-23-18-15-14-16-20-25-31-37-43-49(6-3,45-46-50)44-38-32-26-21-17-19-24-30-36-42-48/h47-48H,4-46,50H2,1-3H3. The molecule has 1 saturated carbocycles. The highest BCUT2D eigenvalue weighted by Crippen LogP contribution is 2.38. The lowest BCUT2D eigenvalue weighted by Crippen LogP contribution is -2.24. The minimum absolute atomic E-state index is 0.541. The molecule has 1 heteroatoms. The first kappa shape index (κ1) is 48.0. The van der Waals surface area contributed by atoms with Crippen LogP contribution >= 0.6 is 0 Å². The molecule has 0 aromatic rings. The lowest BCUT2D eigenvalue weighted by Gasteiger charge is -2.33. The van der Waals surface area contributed by atoms with E-state index in [1.54, 1.807) is 25.7 Å². The Labute approximate surface area is 319 Å². The molecule has 0 radical (unpaired) electrons. The predicted octanol–water partition coefficient (Wildman–Crippen LogP) is 17.6. The van der Waals surface area contributed by atoms with Crippen molar-refractivity contribution in [2.24, 2.45) is 23.0 Å². The highest BCUT2D eigenvalue weighted by Gasteiger charge is 2.26.